The van der Waals surface area contributed by atoms with E-state index in [0.717, 1.165) is 5.00 Å². The molecule has 9 heavy (non-hydrogen) atoms. The van der Waals surface area contributed by atoms with Gasteiger partial charge in [0.2, 0.25) is 0 Å². The lowest BCUT2D eigenvalue weighted by atomic mass is 10.1. The second kappa shape index (κ2) is 2.35. The van der Waals surface area contributed by atoms with E-state index in [2.05, 4.69) is 18.2 Å². The largest absolute Gasteiger partial charge is 0.389 e. The fourth-order valence-electron chi connectivity index (χ4n) is 0.690. The van der Waals surface area contributed by atoms with Crippen LogP contribution in [-0.4, -0.2) is 4.37 Å². The van der Waals surface area contributed by atoms with Gasteiger partial charge in [0, 0.05) is 11.8 Å². The van der Waals surface area contributed by atoms with Gasteiger partial charge in [-0.3, -0.25) is 0 Å². The molecule has 2 N–H and O–H groups in total. The number of nitrogens with zero attached hydrogens (tertiary/aromatic N) is 1. The van der Waals surface area contributed by atoms with Crippen molar-refractivity contribution in [2.45, 2.75) is 19.8 Å². The lowest BCUT2D eigenvalue weighted by molar-refractivity contribution is 0.871. The van der Waals surface area contributed by atoms with Gasteiger partial charge in [0.15, 0.2) is 0 Å². The van der Waals surface area contributed by atoms with Crippen molar-refractivity contribution < 1.29 is 0 Å². The third-order valence-electron chi connectivity index (χ3n) is 1.25. The molecule has 1 aromatic rings. The molecule has 0 spiro atoms. The van der Waals surface area contributed by atoms with Gasteiger partial charge in [-0.05, 0) is 17.5 Å². The molecule has 0 saturated carbocycles. The van der Waals surface area contributed by atoms with Crippen molar-refractivity contribution in [3.8, 4) is 0 Å². The summed E-state index contributed by atoms with van der Waals surface area (Å²) >= 11 is 1.36. The Kier molecular flexibility index (Phi) is 1.71. The Hall–Kier alpha value is -0.570. The molecule has 50 valence electrons. The van der Waals surface area contributed by atoms with Gasteiger partial charge >= 0.3 is 0 Å². The molecular weight excluding hydrogens is 132 g/mol. The van der Waals surface area contributed by atoms with E-state index in [0.29, 0.717) is 5.92 Å². The van der Waals surface area contributed by atoms with Crippen LogP contribution in [0.5, 0.6) is 0 Å². The van der Waals surface area contributed by atoms with Crippen LogP contribution in [0.2, 0.25) is 0 Å². The van der Waals surface area contributed by atoms with Crippen molar-refractivity contribution in [2.24, 2.45) is 0 Å². The fraction of sp³-hybridized carbons (Fsp3) is 0.500. The van der Waals surface area contributed by atoms with Crippen LogP contribution in [-0.2, 0) is 0 Å². The minimum atomic E-state index is 0.503. The highest BCUT2D eigenvalue weighted by Gasteiger charge is 2.04. The van der Waals surface area contributed by atoms with Crippen molar-refractivity contribution >= 4 is 16.5 Å². The number of rotatable bonds is 1. The molecule has 0 amide bonds. The molecule has 0 bridgehead atoms. The van der Waals surface area contributed by atoms with Gasteiger partial charge < -0.3 is 5.73 Å². The summed E-state index contributed by atoms with van der Waals surface area (Å²) in [6.45, 7) is 4.22. The third-order valence-corrected chi connectivity index (χ3v) is 1.89. The summed E-state index contributed by atoms with van der Waals surface area (Å²) in [4.78, 5) is 0. The molecule has 0 unspecified atom stereocenters. The van der Waals surface area contributed by atoms with E-state index in [-0.39, 0.29) is 0 Å². The van der Waals surface area contributed by atoms with Crippen LogP contribution in [0.4, 0.5) is 5.00 Å². The van der Waals surface area contributed by atoms with Crippen molar-refractivity contribution in [3.05, 3.63) is 11.8 Å². The third kappa shape index (κ3) is 1.21. The molecule has 3 heteroatoms. The minimum Gasteiger partial charge on any atom is -0.389 e. The zero-order valence-electron chi connectivity index (χ0n) is 5.59. The van der Waals surface area contributed by atoms with Crippen molar-refractivity contribution in [3.63, 3.8) is 0 Å². The zero-order chi connectivity index (χ0) is 6.85. The summed E-state index contributed by atoms with van der Waals surface area (Å²) in [6, 6.07) is 0. The highest BCUT2D eigenvalue weighted by atomic mass is 32.1. The molecule has 0 aliphatic rings. The van der Waals surface area contributed by atoms with Gasteiger partial charge in [-0.1, -0.05) is 13.8 Å². The number of nitrogens with two attached hydrogens (primary N) is 1. The molecule has 2 nitrogen and oxygen atoms in total. The summed E-state index contributed by atoms with van der Waals surface area (Å²) in [5.41, 5.74) is 6.76. The summed E-state index contributed by atoms with van der Waals surface area (Å²) in [5, 5.41) is 0.852. The average Bonchev–Trinajstić information content (AvgIpc) is 2.13. The van der Waals surface area contributed by atoms with Crippen LogP contribution in [0.15, 0.2) is 6.20 Å². The number of aromatic nitrogens is 1. The molecule has 0 aliphatic heterocycles. The van der Waals surface area contributed by atoms with E-state index in [9.17, 15) is 0 Å². The van der Waals surface area contributed by atoms with Gasteiger partial charge in [-0.15, -0.1) is 0 Å². The Balaban J connectivity index is 2.94. The fourth-order valence-corrected chi connectivity index (χ4v) is 1.36. The van der Waals surface area contributed by atoms with Crippen LogP contribution < -0.4 is 5.73 Å². The van der Waals surface area contributed by atoms with Crippen molar-refractivity contribution in [1.82, 2.24) is 4.37 Å². The Morgan fingerprint density at radius 1 is 1.67 bits per heavy atom. The highest BCUT2D eigenvalue weighted by molar-refractivity contribution is 7.10. The van der Waals surface area contributed by atoms with E-state index >= 15 is 0 Å². The topological polar surface area (TPSA) is 38.9 Å². The smallest absolute Gasteiger partial charge is 0.110 e. The first-order chi connectivity index (χ1) is 4.22. The van der Waals surface area contributed by atoms with E-state index in [1.807, 2.05) is 6.20 Å². The maximum Gasteiger partial charge on any atom is 0.110 e. The molecule has 0 aromatic carbocycles. The summed E-state index contributed by atoms with van der Waals surface area (Å²) in [6.07, 6.45) is 1.84. The summed E-state index contributed by atoms with van der Waals surface area (Å²) < 4.78 is 3.96. The highest BCUT2D eigenvalue weighted by Crippen LogP contribution is 2.23. The second-order valence-electron chi connectivity index (χ2n) is 2.30. The first-order valence-corrected chi connectivity index (χ1v) is 3.69. The lowest BCUT2D eigenvalue weighted by Crippen LogP contribution is -1.89. The standard InChI is InChI=1S/C6H10N2S/c1-4(2)5-3-8-9-6(5)7/h3-4H,7H2,1-2H3. The quantitative estimate of drug-likeness (QED) is 0.650. The Labute approximate surface area is 58.9 Å². The lowest BCUT2D eigenvalue weighted by Gasteiger charge is -1.99. The van der Waals surface area contributed by atoms with Crippen molar-refractivity contribution in [1.29, 1.82) is 0 Å². The molecule has 0 atom stereocenters. The van der Waals surface area contributed by atoms with Crippen LogP contribution in [0, 0.1) is 0 Å². The maximum atomic E-state index is 5.60. The maximum absolute atomic E-state index is 5.60. The van der Waals surface area contributed by atoms with Gasteiger partial charge in [0.25, 0.3) is 0 Å². The Morgan fingerprint density at radius 3 is 2.56 bits per heavy atom. The van der Waals surface area contributed by atoms with Gasteiger partial charge in [-0.25, -0.2) is 0 Å². The first kappa shape index (κ1) is 6.55. The number of anilines is 1. The van der Waals surface area contributed by atoms with Crippen LogP contribution in [0.25, 0.3) is 0 Å². The predicted octanol–water partition coefficient (Wildman–Crippen LogP) is 1.85. The molecule has 0 aliphatic carbocycles. The average molecular weight is 142 g/mol. The molecule has 0 radical (unpaired) electrons. The molecule has 1 aromatic heterocycles. The molecule has 0 saturated heterocycles. The molecule has 1 rings (SSSR count). The summed E-state index contributed by atoms with van der Waals surface area (Å²) in [7, 11) is 0. The molecule has 1 heterocycles. The van der Waals surface area contributed by atoms with E-state index < -0.39 is 0 Å². The number of hydrogen-bond acceptors (Lipinski definition) is 3. The van der Waals surface area contributed by atoms with Crippen molar-refractivity contribution in [2.75, 3.05) is 5.73 Å². The van der Waals surface area contributed by atoms with Gasteiger partial charge in [0.05, 0.1) is 0 Å². The Morgan fingerprint density at radius 2 is 2.33 bits per heavy atom. The normalized spacial score (nSPS) is 10.6. The zero-order valence-corrected chi connectivity index (χ0v) is 6.40. The van der Waals surface area contributed by atoms with Crippen LogP contribution in [0.1, 0.15) is 25.3 Å². The minimum absolute atomic E-state index is 0.503. The number of nitrogen functional groups attached to an aromatic ring is 1. The monoisotopic (exact) mass is 142 g/mol. The SMILES string of the molecule is CC(C)c1cnsc1N. The molecular formula is C6H10N2S. The van der Waals surface area contributed by atoms with Gasteiger partial charge in [0.1, 0.15) is 5.00 Å². The van der Waals surface area contributed by atoms with Crippen LogP contribution in [0.3, 0.4) is 0 Å². The Bertz CT molecular complexity index is 193. The number of hydrogen-bond donors (Lipinski definition) is 1. The predicted molar refractivity (Wildman–Crippen MR) is 40.6 cm³/mol. The first-order valence-electron chi connectivity index (χ1n) is 2.92. The van der Waals surface area contributed by atoms with E-state index in [4.69, 9.17) is 5.73 Å². The van der Waals surface area contributed by atoms with Crippen LogP contribution >= 0.6 is 11.5 Å². The van der Waals surface area contributed by atoms with Gasteiger partial charge in [-0.2, -0.15) is 4.37 Å². The van der Waals surface area contributed by atoms with E-state index in [1.165, 1.54) is 17.1 Å². The summed E-state index contributed by atoms with van der Waals surface area (Å²) in [5.74, 6) is 0.503. The second-order valence-corrected chi connectivity index (χ2v) is 3.13. The van der Waals surface area contributed by atoms with E-state index in [1.54, 1.807) is 0 Å². The molecule has 0 fully saturated rings.